The SMILES string of the molecule is CCC1CC(NC(=O)c2cccc(-c3cc4c(C(=O)NC)c(-c5ccc(F)cc5)oc4cc3CC(=O)OC)c2)C1. The van der Waals surface area contributed by atoms with Gasteiger partial charge >= 0.3 is 5.97 Å². The Labute approximate surface area is 231 Å². The molecule has 8 heteroatoms. The average Bonchev–Trinajstić information content (AvgIpc) is 3.32. The van der Waals surface area contributed by atoms with Crippen LogP contribution in [0, 0.1) is 11.7 Å². The van der Waals surface area contributed by atoms with E-state index in [9.17, 15) is 18.8 Å². The van der Waals surface area contributed by atoms with Gasteiger partial charge in [-0.15, -0.1) is 0 Å². The quantitative estimate of drug-likeness (QED) is 0.270. The van der Waals surface area contributed by atoms with Crippen LogP contribution < -0.4 is 10.6 Å². The van der Waals surface area contributed by atoms with E-state index in [1.807, 2.05) is 6.07 Å². The molecule has 1 aliphatic rings. The Bertz CT molecular complexity index is 1590. The van der Waals surface area contributed by atoms with Gasteiger partial charge in [0.15, 0.2) is 0 Å². The Balaban J connectivity index is 1.61. The van der Waals surface area contributed by atoms with Crippen molar-refractivity contribution >= 4 is 28.8 Å². The second kappa shape index (κ2) is 11.3. The summed E-state index contributed by atoms with van der Waals surface area (Å²) in [4.78, 5) is 38.4. The Hall–Kier alpha value is -4.46. The topological polar surface area (TPSA) is 97.6 Å². The molecule has 0 spiro atoms. The minimum Gasteiger partial charge on any atom is -0.469 e. The molecule has 2 amide bonds. The van der Waals surface area contributed by atoms with E-state index in [2.05, 4.69) is 17.6 Å². The molecule has 0 aliphatic heterocycles. The Morgan fingerprint density at radius 3 is 2.42 bits per heavy atom. The van der Waals surface area contributed by atoms with Crippen molar-refractivity contribution in [2.45, 2.75) is 38.6 Å². The Morgan fingerprint density at radius 2 is 1.75 bits per heavy atom. The zero-order chi connectivity index (χ0) is 28.4. The van der Waals surface area contributed by atoms with Crippen molar-refractivity contribution in [1.29, 1.82) is 0 Å². The van der Waals surface area contributed by atoms with Crippen LogP contribution in [0.25, 0.3) is 33.4 Å². The summed E-state index contributed by atoms with van der Waals surface area (Å²) in [6.45, 7) is 2.16. The third kappa shape index (κ3) is 5.34. The van der Waals surface area contributed by atoms with Crippen molar-refractivity contribution in [2.75, 3.05) is 14.2 Å². The van der Waals surface area contributed by atoms with Gasteiger partial charge in [0, 0.05) is 29.6 Å². The Kier molecular flexibility index (Phi) is 7.69. The lowest BCUT2D eigenvalue weighted by Crippen LogP contribution is -2.44. The number of benzene rings is 3. The highest BCUT2D eigenvalue weighted by molar-refractivity contribution is 6.12. The molecule has 5 rings (SSSR count). The number of rotatable bonds is 8. The number of methoxy groups -OCH3 is 1. The number of ether oxygens (including phenoxy) is 1. The van der Waals surface area contributed by atoms with Crippen molar-refractivity contribution in [3.63, 3.8) is 0 Å². The largest absolute Gasteiger partial charge is 0.469 e. The normalized spacial score (nSPS) is 16.3. The van der Waals surface area contributed by atoms with E-state index >= 15 is 0 Å². The van der Waals surface area contributed by atoms with E-state index in [0.29, 0.717) is 50.3 Å². The van der Waals surface area contributed by atoms with Crippen LogP contribution in [0.4, 0.5) is 4.39 Å². The maximum atomic E-state index is 13.6. The smallest absolute Gasteiger partial charge is 0.310 e. The third-order valence-electron chi connectivity index (χ3n) is 7.62. The number of hydrogen-bond acceptors (Lipinski definition) is 5. The second-order valence-corrected chi connectivity index (χ2v) is 10.1. The van der Waals surface area contributed by atoms with Crippen molar-refractivity contribution in [1.82, 2.24) is 10.6 Å². The molecule has 4 aromatic rings. The molecule has 1 heterocycles. The molecule has 1 saturated carbocycles. The van der Waals surface area contributed by atoms with Crippen LogP contribution in [-0.2, 0) is 16.0 Å². The number of hydrogen-bond donors (Lipinski definition) is 2. The summed E-state index contributed by atoms with van der Waals surface area (Å²) in [6.07, 6.45) is 3.05. The van der Waals surface area contributed by atoms with Gasteiger partial charge in [0.05, 0.1) is 19.1 Å². The van der Waals surface area contributed by atoms with Crippen LogP contribution in [-0.4, -0.2) is 38.0 Å². The van der Waals surface area contributed by atoms with Crippen LogP contribution in [0.1, 0.15) is 52.5 Å². The van der Waals surface area contributed by atoms with Crippen molar-refractivity contribution in [2.24, 2.45) is 5.92 Å². The number of fused-ring (bicyclic) bond motifs is 1. The monoisotopic (exact) mass is 542 g/mol. The Morgan fingerprint density at radius 1 is 1.00 bits per heavy atom. The minimum atomic E-state index is -0.443. The summed E-state index contributed by atoms with van der Waals surface area (Å²) in [6, 6.07) is 16.6. The molecule has 3 aromatic carbocycles. The van der Waals surface area contributed by atoms with Gasteiger partial charge in [-0.1, -0.05) is 25.5 Å². The van der Waals surface area contributed by atoms with Gasteiger partial charge in [-0.2, -0.15) is 0 Å². The fourth-order valence-corrected chi connectivity index (χ4v) is 5.27. The van der Waals surface area contributed by atoms with Crippen LogP contribution in [0.3, 0.4) is 0 Å². The number of amides is 2. The first-order valence-electron chi connectivity index (χ1n) is 13.4. The third-order valence-corrected chi connectivity index (χ3v) is 7.62. The molecule has 0 unspecified atom stereocenters. The first-order chi connectivity index (χ1) is 19.3. The van der Waals surface area contributed by atoms with Crippen LogP contribution in [0.2, 0.25) is 0 Å². The van der Waals surface area contributed by atoms with Gasteiger partial charge in [-0.05, 0) is 84.0 Å². The van der Waals surface area contributed by atoms with Gasteiger partial charge in [-0.25, -0.2) is 4.39 Å². The van der Waals surface area contributed by atoms with E-state index in [1.165, 1.54) is 26.3 Å². The molecule has 0 bridgehead atoms. The molecule has 40 heavy (non-hydrogen) atoms. The fraction of sp³-hybridized carbons (Fsp3) is 0.281. The molecule has 7 nitrogen and oxygen atoms in total. The van der Waals surface area contributed by atoms with E-state index < -0.39 is 11.8 Å². The number of nitrogens with one attached hydrogen (secondary N) is 2. The van der Waals surface area contributed by atoms with Gasteiger partial charge in [-0.3, -0.25) is 14.4 Å². The zero-order valence-corrected chi connectivity index (χ0v) is 22.7. The highest BCUT2D eigenvalue weighted by atomic mass is 19.1. The predicted molar refractivity (Wildman–Crippen MR) is 150 cm³/mol. The summed E-state index contributed by atoms with van der Waals surface area (Å²) in [5.74, 6) is -0.422. The highest BCUT2D eigenvalue weighted by Crippen LogP contribution is 2.38. The summed E-state index contributed by atoms with van der Waals surface area (Å²) >= 11 is 0. The second-order valence-electron chi connectivity index (χ2n) is 10.1. The first kappa shape index (κ1) is 27.1. The highest BCUT2D eigenvalue weighted by Gasteiger charge is 2.29. The molecule has 0 saturated heterocycles. The number of furan rings is 1. The maximum Gasteiger partial charge on any atom is 0.310 e. The van der Waals surface area contributed by atoms with E-state index in [4.69, 9.17) is 9.15 Å². The molecule has 2 N–H and O–H groups in total. The number of carbonyl (C=O) groups is 3. The minimum absolute atomic E-state index is 0.0411. The average molecular weight is 543 g/mol. The molecule has 206 valence electrons. The molecule has 0 radical (unpaired) electrons. The van der Waals surface area contributed by atoms with Crippen molar-refractivity contribution in [3.8, 4) is 22.5 Å². The lowest BCUT2D eigenvalue weighted by Gasteiger charge is -2.35. The molecule has 1 fully saturated rings. The summed E-state index contributed by atoms with van der Waals surface area (Å²) in [5.41, 5.74) is 3.72. The predicted octanol–water partition coefficient (Wildman–Crippen LogP) is 5.90. The van der Waals surface area contributed by atoms with Crippen LogP contribution in [0.15, 0.2) is 65.1 Å². The zero-order valence-electron chi connectivity index (χ0n) is 22.7. The van der Waals surface area contributed by atoms with E-state index in [0.717, 1.165) is 19.3 Å². The van der Waals surface area contributed by atoms with E-state index in [1.54, 1.807) is 42.5 Å². The molecule has 1 aromatic heterocycles. The standard InChI is InChI=1S/C32H31FN2O5/c1-4-18-12-24(13-18)35-31(37)21-7-5-6-20(14-21)25-17-26-27(15-22(25)16-28(36)39-3)40-30(29(26)32(38)34-2)19-8-10-23(33)11-9-19/h5-11,14-15,17-18,24H,4,12-13,16H2,1-3H3,(H,34,38)(H,35,37). The molecule has 1 aliphatic carbocycles. The lowest BCUT2D eigenvalue weighted by atomic mass is 9.78. The fourth-order valence-electron chi connectivity index (χ4n) is 5.27. The summed E-state index contributed by atoms with van der Waals surface area (Å²) in [7, 11) is 2.84. The van der Waals surface area contributed by atoms with E-state index in [-0.39, 0.29) is 30.0 Å². The number of halogens is 1. The number of carbonyl (C=O) groups excluding carboxylic acids is 3. The van der Waals surface area contributed by atoms with Gasteiger partial charge in [0.25, 0.3) is 11.8 Å². The molecular weight excluding hydrogens is 511 g/mol. The van der Waals surface area contributed by atoms with Gasteiger partial charge in [0.1, 0.15) is 17.2 Å². The van der Waals surface area contributed by atoms with Crippen molar-refractivity contribution in [3.05, 3.63) is 83.2 Å². The molecule has 0 atom stereocenters. The maximum absolute atomic E-state index is 13.6. The summed E-state index contributed by atoms with van der Waals surface area (Å²) < 4.78 is 24.7. The molecular formula is C32H31FN2O5. The van der Waals surface area contributed by atoms with Gasteiger partial charge in [0.2, 0.25) is 0 Å². The van der Waals surface area contributed by atoms with Crippen LogP contribution in [0.5, 0.6) is 0 Å². The summed E-state index contributed by atoms with van der Waals surface area (Å²) in [5, 5.41) is 6.29. The van der Waals surface area contributed by atoms with Crippen molar-refractivity contribution < 1.29 is 27.9 Å². The lowest BCUT2D eigenvalue weighted by molar-refractivity contribution is -0.139. The number of esters is 1. The van der Waals surface area contributed by atoms with Crippen LogP contribution >= 0.6 is 0 Å². The first-order valence-corrected chi connectivity index (χ1v) is 13.4. The van der Waals surface area contributed by atoms with Gasteiger partial charge < -0.3 is 19.8 Å².